The van der Waals surface area contributed by atoms with Crippen molar-refractivity contribution in [1.29, 1.82) is 0 Å². The van der Waals surface area contributed by atoms with Gasteiger partial charge >= 0.3 is 12.1 Å². The minimum absolute atomic E-state index is 0.0238. The molecule has 0 heterocycles. The lowest BCUT2D eigenvalue weighted by Crippen LogP contribution is -2.59. The van der Waals surface area contributed by atoms with Crippen LogP contribution in [-0.2, 0) is 11.0 Å². The van der Waals surface area contributed by atoms with Gasteiger partial charge in [0.15, 0.2) is 0 Å². The summed E-state index contributed by atoms with van der Waals surface area (Å²) in [6.07, 6.45) is 0.408. The van der Waals surface area contributed by atoms with Crippen molar-refractivity contribution in [1.82, 2.24) is 5.32 Å². The van der Waals surface area contributed by atoms with Gasteiger partial charge in [0, 0.05) is 12.1 Å². The number of hydrogen-bond donors (Lipinski definition) is 2. The van der Waals surface area contributed by atoms with Crippen LogP contribution in [0.4, 0.5) is 13.2 Å². The van der Waals surface area contributed by atoms with Crippen molar-refractivity contribution in [3.63, 3.8) is 0 Å². The van der Waals surface area contributed by atoms with Crippen LogP contribution >= 0.6 is 0 Å². The summed E-state index contributed by atoms with van der Waals surface area (Å²) in [6, 6.07) is 8.08. The van der Waals surface area contributed by atoms with Gasteiger partial charge in [0.05, 0.1) is 12.0 Å². The predicted molar refractivity (Wildman–Crippen MR) is 130 cm³/mol. The molecule has 7 heteroatoms. The number of carboxylic acids is 1. The van der Waals surface area contributed by atoms with E-state index >= 15 is 0 Å². The molecule has 0 saturated heterocycles. The van der Waals surface area contributed by atoms with Gasteiger partial charge < -0.3 is 15.2 Å². The Hall–Kier alpha value is -2.28. The maximum atomic E-state index is 14.3. The van der Waals surface area contributed by atoms with Crippen molar-refractivity contribution < 1.29 is 27.8 Å². The summed E-state index contributed by atoms with van der Waals surface area (Å²) in [5, 5.41) is 13.5. The van der Waals surface area contributed by atoms with Crippen LogP contribution in [0.15, 0.2) is 30.3 Å². The average molecular weight is 492 g/mol. The van der Waals surface area contributed by atoms with Gasteiger partial charge in [-0.3, -0.25) is 4.79 Å². The van der Waals surface area contributed by atoms with Gasteiger partial charge in [-0.15, -0.1) is 0 Å². The lowest BCUT2D eigenvalue weighted by molar-refractivity contribution is -0.155. The first kappa shape index (κ1) is 25.8. The largest absolute Gasteiger partial charge is 0.490 e. The average Bonchev–Trinajstić information content (AvgIpc) is 2.80. The first-order valence-electron chi connectivity index (χ1n) is 12.7. The summed E-state index contributed by atoms with van der Waals surface area (Å²) < 4.78 is 49.0. The van der Waals surface area contributed by atoms with E-state index in [4.69, 9.17) is 4.74 Å². The quantitative estimate of drug-likeness (QED) is 0.425. The highest BCUT2D eigenvalue weighted by molar-refractivity contribution is 5.89. The van der Waals surface area contributed by atoms with Gasteiger partial charge in [-0.05, 0) is 78.8 Å². The topological polar surface area (TPSA) is 58.6 Å². The Morgan fingerprint density at radius 3 is 2.40 bits per heavy atom. The molecular weight excluding hydrogens is 455 g/mol. The molecule has 2 aromatic rings. The van der Waals surface area contributed by atoms with Crippen molar-refractivity contribution in [3.8, 4) is 5.75 Å². The summed E-state index contributed by atoms with van der Waals surface area (Å²) in [5.74, 6) is -0.687. The molecule has 0 aliphatic heterocycles. The van der Waals surface area contributed by atoms with E-state index in [0.29, 0.717) is 17.7 Å². The minimum Gasteiger partial charge on any atom is -0.490 e. The van der Waals surface area contributed by atoms with Crippen molar-refractivity contribution in [2.45, 2.75) is 90.6 Å². The molecule has 2 saturated carbocycles. The lowest BCUT2D eigenvalue weighted by atomic mass is 9.58. The molecule has 0 bridgehead atoms. The number of nitrogens with one attached hydrogen (secondary N) is 1. The molecule has 0 unspecified atom stereocenters. The van der Waals surface area contributed by atoms with Gasteiger partial charge in [0.1, 0.15) is 11.3 Å². The number of ether oxygens (including phenoxy) is 1. The van der Waals surface area contributed by atoms with E-state index in [0.717, 1.165) is 37.7 Å². The molecule has 0 amide bonds. The van der Waals surface area contributed by atoms with Gasteiger partial charge in [-0.2, -0.15) is 13.2 Å². The predicted octanol–water partition coefficient (Wildman–Crippen LogP) is 7.36. The van der Waals surface area contributed by atoms with Gasteiger partial charge in [0.2, 0.25) is 0 Å². The molecule has 3 atom stereocenters. The molecule has 192 valence electrons. The number of halogens is 3. The van der Waals surface area contributed by atoms with Crippen molar-refractivity contribution >= 4 is 16.7 Å². The SMILES string of the molecule is CCC1CCC(Oc2ccc3ccc([C@@H](C)N[C@H]4C[C@@H](C(=O)O)C4(C)C)cc3c2C(F)(F)F)CC1. The van der Waals surface area contributed by atoms with E-state index in [2.05, 4.69) is 12.2 Å². The number of fused-ring (bicyclic) bond motifs is 1. The van der Waals surface area contributed by atoms with Crippen LogP contribution in [0.2, 0.25) is 0 Å². The van der Waals surface area contributed by atoms with E-state index < -0.39 is 29.0 Å². The highest BCUT2D eigenvalue weighted by Gasteiger charge is 2.52. The molecule has 2 aliphatic carbocycles. The molecule has 4 nitrogen and oxygen atoms in total. The van der Waals surface area contributed by atoms with E-state index in [1.54, 1.807) is 18.2 Å². The molecule has 2 fully saturated rings. The highest BCUT2D eigenvalue weighted by atomic mass is 19.4. The van der Waals surface area contributed by atoms with Crippen LogP contribution in [0.5, 0.6) is 5.75 Å². The zero-order valence-electron chi connectivity index (χ0n) is 20.9. The van der Waals surface area contributed by atoms with Crippen molar-refractivity contribution in [3.05, 3.63) is 41.5 Å². The van der Waals surface area contributed by atoms with E-state index in [1.165, 1.54) is 6.07 Å². The lowest BCUT2D eigenvalue weighted by Gasteiger charge is -2.51. The van der Waals surface area contributed by atoms with E-state index in [1.807, 2.05) is 26.8 Å². The fourth-order valence-corrected chi connectivity index (χ4v) is 5.84. The summed E-state index contributed by atoms with van der Waals surface area (Å²) >= 11 is 0. The zero-order valence-corrected chi connectivity index (χ0v) is 20.9. The minimum atomic E-state index is -4.55. The Labute approximate surface area is 205 Å². The molecule has 35 heavy (non-hydrogen) atoms. The number of carbonyl (C=O) groups is 1. The molecule has 2 aromatic carbocycles. The number of hydrogen-bond acceptors (Lipinski definition) is 3. The van der Waals surface area contributed by atoms with Crippen LogP contribution in [0, 0.1) is 17.3 Å². The number of alkyl halides is 3. The van der Waals surface area contributed by atoms with Crippen LogP contribution in [-0.4, -0.2) is 23.2 Å². The third-order valence-corrected chi connectivity index (χ3v) is 8.47. The first-order valence-corrected chi connectivity index (χ1v) is 12.7. The Bertz CT molecular complexity index is 1070. The molecule has 2 N–H and O–H groups in total. The number of carboxylic acid groups (broad SMARTS) is 1. The summed E-state index contributed by atoms with van der Waals surface area (Å²) in [6.45, 7) is 7.89. The Balaban J connectivity index is 1.60. The maximum absolute atomic E-state index is 14.3. The summed E-state index contributed by atoms with van der Waals surface area (Å²) in [4.78, 5) is 11.4. The summed E-state index contributed by atoms with van der Waals surface area (Å²) in [7, 11) is 0. The number of aliphatic carboxylic acids is 1. The maximum Gasteiger partial charge on any atom is 0.420 e. The number of rotatable bonds is 7. The Morgan fingerprint density at radius 2 is 1.83 bits per heavy atom. The molecule has 4 rings (SSSR count). The van der Waals surface area contributed by atoms with Crippen LogP contribution in [0.25, 0.3) is 10.8 Å². The van der Waals surface area contributed by atoms with Gasteiger partial charge in [-0.1, -0.05) is 45.4 Å². The van der Waals surface area contributed by atoms with Crippen molar-refractivity contribution in [2.75, 3.05) is 0 Å². The molecular formula is C28H36F3NO3. The first-order chi connectivity index (χ1) is 16.4. The normalized spacial score (nSPS) is 27.3. The molecule has 2 aliphatic rings. The molecule has 0 spiro atoms. The van der Waals surface area contributed by atoms with Gasteiger partial charge in [0.25, 0.3) is 0 Å². The fourth-order valence-electron chi connectivity index (χ4n) is 5.84. The molecule has 0 aromatic heterocycles. The smallest absolute Gasteiger partial charge is 0.420 e. The van der Waals surface area contributed by atoms with Crippen molar-refractivity contribution in [2.24, 2.45) is 17.3 Å². The van der Waals surface area contributed by atoms with E-state index in [9.17, 15) is 23.1 Å². The third-order valence-electron chi connectivity index (χ3n) is 8.47. The summed E-state index contributed by atoms with van der Waals surface area (Å²) in [5.41, 5.74) is -0.402. The van der Waals surface area contributed by atoms with Crippen LogP contribution in [0.1, 0.15) is 83.4 Å². The van der Waals surface area contributed by atoms with Crippen LogP contribution < -0.4 is 10.1 Å². The standard InChI is InChI=1S/C28H36F3NO3/c1-5-17-6-11-20(12-7-17)35-23-13-10-18-8-9-19(14-21(18)25(23)28(29,30)31)16(2)32-24-15-22(26(33)34)27(24,3)4/h8-10,13-14,16-17,20,22,24,32H,5-7,11-12,15H2,1-4H3,(H,33,34)/t16-,17?,20?,22+,24+/m1/s1. The monoisotopic (exact) mass is 491 g/mol. The second-order valence-corrected chi connectivity index (χ2v) is 11.0. The molecule has 0 radical (unpaired) electrons. The Kier molecular flexibility index (Phi) is 7.11. The van der Waals surface area contributed by atoms with E-state index in [-0.39, 0.29) is 29.3 Å². The second-order valence-electron chi connectivity index (χ2n) is 11.0. The third kappa shape index (κ3) is 5.16. The highest BCUT2D eigenvalue weighted by Crippen LogP contribution is 2.47. The number of benzene rings is 2. The second kappa shape index (κ2) is 9.64. The Morgan fingerprint density at radius 1 is 1.17 bits per heavy atom. The fraction of sp³-hybridized carbons (Fsp3) is 0.607. The van der Waals surface area contributed by atoms with Gasteiger partial charge in [-0.25, -0.2) is 0 Å². The zero-order chi connectivity index (χ0) is 25.5. The van der Waals surface area contributed by atoms with Crippen LogP contribution in [0.3, 0.4) is 0 Å².